The van der Waals surface area contributed by atoms with Gasteiger partial charge >= 0.3 is 0 Å². The van der Waals surface area contributed by atoms with Gasteiger partial charge in [0, 0.05) is 11.6 Å². The summed E-state index contributed by atoms with van der Waals surface area (Å²) >= 11 is 0. The highest BCUT2D eigenvalue weighted by atomic mass is 19.1. The van der Waals surface area contributed by atoms with Crippen LogP contribution in [-0.2, 0) is 0 Å². The van der Waals surface area contributed by atoms with Crippen LogP contribution in [0.15, 0.2) is 54.7 Å². The predicted molar refractivity (Wildman–Crippen MR) is 78.9 cm³/mol. The van der Waals surface area contributed by atoms with Crippen molar-refractivity contribution in [2.75, 3.05) is 0 Å². The van der Waals surface area contributed by atoms with Gasteiger partial charge in [-0.25, -0.2) is 4.39 Å². The second-order valence-corrected chi connectivity index (χ2v) is 4.91. The number of para-hydroxylation sites is 1. The predicted octanol–water partition coefficient (Wildman–Crippen LogP) is 3.73. The molecule has 0 aliphatic heterocycles. The largest absolute Gasteiger partial charge is 0.320 e. The van der Waals surface area contributed by atoms with Gasteiger partial charge in [0.15, 0.2) is 0 Å². The molecule has 0 spiro atoms. The first kappa shape index (κ1) is 12.8. The number of nitrogens with two attached hydrogens (primary N) is 1. The van der Waals surface area contributed by atoms with Crippen LogP contribution in [0, 0.1) is 12.7 Å². The van der Waals surface area contributed by atoms with Crippen molar-refractivity contribution in [2.45, 2.75) is 13.0 Å². The first-order chi connectivity index (χ1) is 9.66. The number of halogens is 1. The molecule has 2 aromatic carbocycles. The number of fused-ring (bicyclic) bond motifs is 1. The van der Waals surface area contributed by atoms with E-state index in [9.17, 15) is 4.39 Å². The standard InChI is InChI=1S/C17H15FN2/c1-11-7-8-13(10-15(11)18)16(19)14-6-2-4-12-5-3-9-20-17(12)14/h2-10,16H,19H2,1H3. The summed E-state index contributed by atoms with van der Waals surface area (Å²) in [6, 6.07) is 14.5. The van der Waals surface area contributed by atoms with Crippen LogP contribution in [-0.4, -0.2) is 4.98 Å². The summed E-state index contributed by atoms with van der Waals surface area (Å²) < 4.78 is 13.7. The van der Waals surface area contributed by atoms with E-state index in [1.807, 2.05) is 36.4 Å². The van der Waals surface area contributed by atoms with Gasteiger partial charge < -0.3 is 5.73 Å². The van der Waals surface area contributed by atoms with Crippen LogP contribution in [0.1, 0.15) is 22.7 Å². The molecule has 0 radical (unpaired) electrons. The summed E-state index contributed by atoms with van der Waals surface area (Å²) in [5.74, 6) is -0.230. The van der Waals surface area contributed by atoms with Gasteiger partial charge in [0.1, 0.15) is 5.82 Å². The minimum atomic E-state index is -0.385. The van der Waals surface area contributed by atoms with E-state index in [1.54, 1.807) is 19.2 Å². The zero-order valence-corrected chi connectivity index (χ0v) is 11.2. The van der Waals surface area contributed by atoms with Crippen LogP contribution in [0.2, 0.25) is 0 Å². The number of hydrogen-bond acceptors (Lipinski definition) is 2. The molecular formula is C17H15FN2. The van der Waals surface area contributed by atoms with Gasteiger partial charge in [-0.2, -0.15) is 0 Å². The average Bonchev–Trinajstić information content (AvgIpc) is 2.49. The molecule has 1 unspecified atom stereocenters. The van der Waals surface area contributed by atoms with Crippen LogP contribution in [0.3, 0.4) is 0 Å². The SMILES string of the molecule is Cc1ccc(C(N)c2cccc3cccnc23)cc1F. The second-order valence-electron chi connectivity index (χ2n) is 4.91. The van der Waals surface area contributed by atoms with Gasteiger partial charge in [-0.15, -0.1) is 0 Å². The second kappa shape index (κ2) is 5.02. The lowest BCUT2D eigenvalue weighted by atomic mass is 9.96. The van der Waals surface area contributed by atoms with Crippen molar-refractivity contribution in [1.82, 2.24) is 4.98 Å². The third-order valence-electron chi connectivity index (χ3n) is 3.55. The Labute approximate surface area is 117 Å². The highest BCUT2D eigenvalue weighted by Crippen LogP contribution is 2.26. The van der Waals surface area contributed by atoms with Gasteiger partial charge in [-0.3, -0.25) is 4.98 Å². The first-order valence-electron chi connectivity index (χ1n) is 6.52. The third kappa shape index (κ3) is 2.17. The molecule has 0 bridgehead atoms. The number of rotatable bonds is 2. The highest BCUT2D eigenvalue weighted by molar-refractivity contribution is 5.82. The maximum Gasteiger partial charge on any atom is 0.126 e. The number of aryl methyl sites for hydroxylation is 1. The number of pyridine rings is 1. The Balaban J connectivity index is 2.12. The molecule has 1 heterocycles. The third-order valence-corrected chi connectivity index (χ3v) is 3.55. The van der Waals surface area contributed by atoms with E-state index in [4.69, 9.17) is 5.73 Å². The summed E-state index contributed by atoms with van der Waals surface area (Å²) in [5, 5.41) is 1.04. The van der Waals surface area contributed by atoms with Crippen molar-refractivity contribution in [3.05, 3.63) is 77.2 Å². The van der Waals surface area contributed by atoms with Gasteiger partial charge in [-0.05, 0) is 35.7 Å². The molecule has 2 nitrogen and oxygen atoms in total. The summed E-state index contributed by atoms with van der Waals surface area (Å²) in [6.07, 6.45) is 1.74. The van der Waals surface area contributed by atoms with Crippen LogP contribution < -0.4 is 5.73 Å². The van der Waals surface area contributed by atoms with E-state index in [0.717, 1.165) is 22.0 Å². The molecule has 2 N–H and O–H groups in total. The first-order valence-corrected chi connectivity index (χ1v) is 6.52. The number of benzene rings is 2. The zero-order valence-electron chi connectivity index (χ0n) is 11.2. The maximum absolute atomic E-state index is 13.7. The van der Waals surface area contributed by atoms with Crippen molar-refractivity contribution in [3.8, 4) is 0 Å². The topological polar surface area (TPSA) is 38.9 Å². The Bertz CT molecular complexity index is 763. The quantitative estimate of drug-likeness (QED) is 0.767. The molecule has 1 aromatic heterocycles. The molecule has 3 rings (SSSR count). The summed E-state index contributed by atoms with van der Waals surface area (Å²) in [7, 11) is 0. The molecule has 0 saturated carbocycles. The van der Waals surface area contributed by atoms with E-state index in [1.165, 1.54) is 6.07 Å². The number of aromatic nitrogens is 1. The average molecular weight is 266 g/mol. The van der Waals surface area contributed by atoms with Crippen LogP contribution in [0.4, 0.5) is 4.39 Å². The molecule has 0 aliphatic rings. The molecule has 0 saturated heterocycles. The van der Waals surface area contributed by atoms with E-state index in [0.29, 0.717) is 5.56 Å². The molecule has 100 valence electrons. The minimum Gasteiger partial charge on any atom is -0.320 e. The van der Waals surface area contributed by atoms with Crippen molar-refractivity contribution >= 4 is 10.9 Å². The van der Waals surface area contributed by atoms with E-state index in [-0.39, 0.29) is 11.9 Å². The van der Waals surface area contributed by atoms with Gasteiger partial charge in [0.05, 0.1) is 11.6 Å². The molecule has 1 atom stereocenters. The Morgan fingerprint density at radius 1 is 1.10 bits per heavy atom. The summed E-state index contributed by atoms with van der Waals surface area (Å²) in [5.41, 5.74) is 9.45. The van der Waals surface area contributed by atoms with E-state index in [2.05, 4.69) is 4.98 Å². The van der Waals surface area contributed by atoms with E-state index >= 15 is 0 Å². The van der Waals surface area contributed by atoms with Gasteiger partial charge in [-0.1, -0.05) is 36.4 Å². The number of nitrogens with zero attached hydrogens (tertiary/aromatic N) is 1. The van der Waals surface area contributed by atoms with Crippen molar-refractivity contribution < 1.29 is 4.39 Å². The lowest BCUT2D eigenvalue weighted by molar-refractivity contribution is 0.614. The highest BCUT2D eigenvalue weighted by Gasteiger charge is 2.14. The molecule has 3 aromatic rings. The molecular weight excluding hydrogens is 251 g/mol. The van der Waals surface area contributed by atoms with E-state index < -0.39 is 0 Å². The van der Waals surface area contributed by atoms with Crippen molar-refractivity contribution in [3.63, 3.8) is 0 Å². The molecule has 0 aliphatic carbocycles. The normalized spacial score (nSPS) is 12.6. The Morgan fingerprint density at radius 2 is 1.90 bits per heavy atom. The Morgan fingerprint density at radius 3 is 2.70 bits per heavy atom. The monoisotopic (exact) mass is 266 g/mol. The minimum absolute atomic E-state index is 0.230. The van der Waals surface area contributed by atoms with Crippen LogP contribution in [0.25, 0.3) is 10.9 Å². The summed E-state index contributed by atoms with van der Waals surface area (Å²) in [6.45, 7) is 1.74. The molecule has 3 heteroatoms. The smallest absolute Gasteiger partial charge is 0.126 e. The molecule has 20 heavy (non-hydrogen) atoms. The molecule has 0 fully saturated rings. The fourth-order valence-electron chi connectivity index (χ4n) is 2.36. The zero-order chi connectivity index (χ0) is 14.1. The van der Waals surface area contributed by atoms with Gasteiger partial charge in [0.2, 0.25) is 0 Å². The number of hydrogen-bond donors (Lipinski definition) is 1. The maximum atomic E-state index is 13.7. The van der Waals surface area contributed by atoms with Gasteiger partial charge in [0.25, 0.3) is 0 Å². The van der Waals surface area contributed by atoms with Crippen LogP contribution in [0.5, 0.6) is 0 Å². The fourth-order valence-corrected chi connectivity index (χ4v) is 2.36. The fraction of sp³-hybridized carbons (Fsp3) is 0.118. The lowest BCUT2D eigenvalue weighted by Gasteiger charge is -2.15. The lowest BCUT2D eigenvalue weighted by Crippen LogP contribution is -2.13. The van der Waals surface area contributed by atoms with Crippen molar-refractivity contribution in [1.29, 1.82) is 0 Å². The Hall–Kier alpha value is -2.26. The molecule has 0 amide bonds. The van der Waals surface area contributed by atoms with Crippen LogP contribution >= 0.6 is 0 Å². The summed E-state index contributed by atoms with van der Waals surface area (Å²) in [4.78, 5) is 4.39. The van der Waals surface area contributed by atoms with Crippen molar-refractivity contribution in [2.24, 2.45) is 5.73 Å². The Kier molecular flexibility index (Phi) is 3.20.